The molecule has 6 fully saturated rings. The Bertz CT molecular complexity index is 3090. The fourth-order valence-electron chi connectivity index (χ4n) is 11.5. The molecule has 0 aromatic heterocycles. The first kappa shape index (κ1) is 74.0. The summed E-state index contributed by atoms with van der Waals surface area (Å²) in [6.07, 6.45) is 10.5. The topological polar surface area (TPSA) is 402 Å². The van der Waals surface area contributed by atoms with Gasteiger partial charge in [-0.2, -0.15) is 0 Å². The standard InChI is InChI=1S/C31H41N5O9.C19H21N3O7.C12H22N2O3.ClH/c1-6-19-16-31(19,28(40)44-5)34-25(37)23-15-22(45-27(39)18-11-13-21(14-12-18)36(42)43)17-35(23)26(38)24(30(2,3)4)33-29(41)32-20-9-7-8-10-20;1-3-12-9-19(12,18(25)28-2)21-16(23)15-8-14(10-20-15)29-17(24)11-4-6-13(7-5-11)22(26)27;1-12(2,3)9(10(15)16)14-11(17)13-8-6-4-5-7-8;/h6,11-14,19-20,22-24H,1,7-10,15-17H2,2-5H3,(H,34,37)(H2,32,33,41);3-7,12,14-15,20H,1,8-10H2,2H3,(H,21,23);8-9H,4-7H2,1-3H3,(H,15,16)(H2,13,14,17);1H/t19-,22+,23+,24-,31-;12-,14+,15+,19-;9-;/m111./s1. The minimum Gasteiger partial charge on any atom is -0.480 e. The molecule has 8 N–H and O–H groups in total. The van der Waals surface area contributed by atoms with Crippen molar-refractivity contribution >= 4 is 83.4 Å². The number of carbonyl (C=O) groups is 10. The first-order chi connectivity index (χ1) is 42.8. The van der Waals surface area contributed by atoms with Crippen LogP contribution in [0, 0.1) is 42.9 Å². The maximum atomic E-state index is 14.2. The number of urea groups is 2. The van der Waals surface area contributed by atoms with E-state index in [-0.39, 0.29) is 103 Å². The van der Waals surface area contributed by atoms with Gasteiger partial charge in [-0.1, -0.05) is 79.4 Å². The average Bonchev–Trinajstić information content (AvgIpc) is 1.59. The van der Waals surface area contributed by atoms with Gasteiger partial charge < -0.3 is 66.2 Å². The van der Waals surface area contributed by atoms with Gasteiger partial charge in [-0.3, -0.25) is 34.6 Å². The molecule has 0 unspecified atom stereocenters. The van der Waals surface area contributed by atoms with Gasteiger partial charge in [-0.05, 0) is 73.6 Å². The second kappa shape index (κ2) is 31.5. The molecule has 4 aliphatic carbocycles. The van der Waals surface area contributed by atoms with Crippen molar-refractivity contribution in [2.45, 2.75) is 178 Å². The van der Waals surface area contributed by atoms with E-state index in [0.29, 0.717) is 6.42 Å². The highest BCUT2D eigenvalue weighted by Gasteiger charge is 2.63. The number of aliphatic carboxylic acids is 1. The lowest BCUT2D eigenvalue weighted by Crippen LogP contribution is -2.60. The normalized spacial score (nSPS) is 24.4. The van der Waals surface area contributed by atoms with E-state index >= 15 is 0 Å². The van der Waals surface area contributed by atoms with Crippen LogP contribution in [0.25, 0.3) is 0 Å². The van der Waals surface area contributed by atoms with Crippen molar-refractivity contribution in [2.24, 2.45) is 22.7 Å². The Kier molecular flexibility index (Phi) is 25.4. The minimum atomic E-state index is -1.32. The monoisotopic (exact) mass is 1310 g/mol. The summed E-state index contributed by atoms with van der Waals surface area (Å²) in [6.45, 7) is 18.2. The van der Waals surface area contributed by atoms with Crippen LogP contribution in [0.4, 0.5) is 21.0 Å². The Balaban J connectivity index is 0.000000278. The number of carboxylic acids is 1. The molecule has 2 aromatic rings. The summed E-state index contributed by atoms with van der Waals surface area (Å²) in [5.74, 6) is -5.71. The Morgan fingerprint density at radius 3 is 1.41 bits per heavy atom. The van der Waals surface area contributed by atoms with Gasteiger partial charge in [0.05, 0.1) is 47.8 Å². The molecule has 4 saturated carbocycles. The van der Waals surface area contributed by atoms with Crippen molar-refractivity contribution in [3.63, 3.8) is 0 Å². The van der Waals surface area contributed by atoms with Gasteiger partial charge in [0.15, 0.2) is 0 Å². The van der Waals surface area contributed by atoms with E-state index < -0.39 is 116 Å². The van der Waals surface area contributed by atoms with E-state index in [4.69, 9.17) is 24.1 Å². The van der Waals surface area contributed by atoms with Gasteiger partial charge in [0.2, 0.25) is 17.7 Å². The number of nitrogens with zero attached hydrogens (tertiary/aromatic N) is 3. The SMILES string of the molecule is C=C[C@@H]1C[C@]1(NC(=O)[C@@H]1C[C@H](OC(=O)c2ccc([N+](=O)[O-])cc2)CN1)C(=O)OC.C=C[C@@H]1C[C@]1(NC(=O)[C@@H]1C[C@H](OC(=O)c2ccc([N+](=O)[O-])cc2)CN1C(=O)[C@@H](NC(=O)NC1CCCC1)C(C)(C)C)C(=O)OC.CC(C)(C)[C@H](NC(=O)NC1CCCC1)C(=O)O.Cl. The van der Waals surface area contributed by atoms with Crippen molar-refractivity contribution in [1.82, 2.24) is 42.1 Å². The summed E-state index contributed by atoms with van der Waals surface area (Å²) in [5.41, 5.74) is -3.76. The highest BCUT2D eigenvalue weighted by molar-refractivity contribution is 5.98. The zero-order valence-electron chi connectivity index (χ0n) is 52.9. The fourth-order valence-corrected chi connectivity index (χ4v) is 11.5. The maximum absolute atomic E-state index is 14.2. The predicted molar refractivity (Wildman–Crippen MR) is 333 cm³/mol. The lowest BCUT2D eigenvalue weighted by Gasteiger charge is -2.35. The summed E-state index contributed by atoms with van der Waals surface area (Å²) in [5, 5.41) is 50.3. The number of nitrogens with one attached hydrogen (secondary N) is 7. The molecule has 29 nitrogen and oxygen atoms in total. The number of carbonyl (C=O) groups excluding carboxylic acids is 9. The van der Waals surface area contributed by atoms with Crippen molar-refractivity contribution < 1.29 is 81.8 Å². The molecule has 2 aromatic carbocycles. The molecular formula is C62H85ClN10O19. The van der Waals surface area contributed by atoms with Crippen molar-refractivity contribution in [3.8, 4) is 0 Å². The van der Waals surface area contributed by atoms with Crippen LogP contribution in [0.2, 0.25) is 0 Å². The largest absolute Gasteiger partial charge is 0.480 e. The van der Waals surface area contributed by atoms with Crippen molar-refractivity contribution in [2.75, 3.05) is 27.3 Å². The summed E-state index contributed by atoms with van der Waals surface area (Å²) >= 11 is 0. The van der Waals surface area contributed by atoms with Crippen molar-refractivity contribution in [3.05, 3.63) is 105 Å². The summed E-state index contributed by atoms with van der Waals surface area (Å²) in [6, 6.07) is 5.58. The Morgan fingerprint density at radius 1 is 0.641 bits per heavy atom. The Morgan fingerprint density at radius 2 is 1.04 bits per heavy atom. The summed E-state index contributed by atoms with van der Waals surface area (Å²) < 4.78 is 20.7. The second-order valence-electron chi connectivity index (χ2n) is 25.7. The van der Waals surface area contributed by atoms with Crippen LogP contribution in [0.15, 0.2) is 73.8 Å². The molecule has 7 amide bonds. The van der Waals surface area contributed by atoms with Gasteiger partial charge in [-0.25, -0.2) is 33.6 Å². The third-order valence-corrected chi connectivity index (χ3v) is 17.0. The zero-order chi connectivity index (χ0) is 67.3. The smallest absolute Gasteiger partial charge is 0.338 e. The number of halogens is 1. The molecule has 8 rings (SSSR count). The highest BCUT2D eigenvalue weighted by Crippen LogP contribution is 2.47. The quantitative estimate of drug-likeness (QED) is 0.0267. The van der Waals surface area contributed by atoms with E-state index in [1.165, 1.54) is 67.7 Å². The van der Waals surface area contributed by atoms with Crippen molar-refractivity contribution in [1.29, 1.82) is 0 Å². The number of hydrogen-bond donors (Lipinski definition) is 8. The molecule has 2 aliphatic heterocycles. The van der Waals surface area contributed by atoms with Gasteiger partial charge >= 0.3 is 41.9 Å². The van der Waals surface area contributed by atoms with Gasteiger partial charge in [0.25, 0.3) is 11.4 Å². The Labute approximate surface area is 538 Å². The van der Waals surface area contributed by atoms with Crippen LogP contribution in [0.1, 0.15) is 139 Å². The number of amides is 7. The minimum absolute atomic E-state index is 0. The van der Waals surface area contributed by atoms with Gasteiger partial charge in [-0.15, -0.1) is 25.6 Å². The van der Waals surface area contributed by atoms with Gasteiger partial charge in [0, 0.05) is 67.6 Å². The van der Waals surface area contributed by atoms with Crippen LogP contribution in [0.5, 0.6) is 0 Å². The molecule has 504 valence electrons. The van der Waals surface area contributed by atoms with Crippen LogP contribution in [-0.2, 0) is 47.7 Å². The van der Waals surface area contributed by atoms with Crippen LogP contribution < -0.4 is 37.2 Å². The van der Waals surface area contributed by atoms with E-state index in [9.17, 15) is 68.2 Å². The Hall–Kier alpha value is -8.73. The van der Waals surface area contributed by atoms with Crippen LogP contribution in [-0.4, -0.2) is 166 Å². The molecular weight excluding hydrogens is 1220 g/mol. The fraction of sp³-hybridized carbons (Fsp3) is 0.581. The number of non-ortho nitro benzene ring substituents is 2. The van der Waals surface area contributed by atoms with E-state index in [1.54, 1.807) is 53.7 Å². The third-order valence-electron chi connectivity index (χ3n) is 17.0. The molecule has 0 bridgehead atoms. The molecule has 0 radical (unpaired) electrons. The number of benzene rings is 2. The third kappa shape index (κ3) is 18.9. The number of carboxylic acid groups (broad SMARTS) is 1. The number of nitro benzene ring substituents is 2. The number of rotatable bonds is 20. The average molecular weight is 1310 g/mol. The molecule has 2 saturated heterocycles. The molecule has 92 heavy (non-hydrogen) atoms. The predicted octanol–water partition coefficient (Wildman–Crippen LogP) is 5.48. The van der Waals surface area contributed by atoms with Crippen LogP contribution >= 0.6 is 12.4 Å². The summed E-state index contributed by atoms with van der Waals surface area (Å²) in [7, 11) is 2.47. The van der Waals surface area contributed by atoms with E-state index in [0.717, 1.165) is 51.4 Å². The molecule has 10 atom stereocenters. The number of esters is 4. The summed E-state index contributed by atoms with van der Waals surface area (Å²) in [4.78, 5) is 148. The molecule has 30 heteroatoms. The molecule has 0 spiro atoms. The first-order valence-electron chi connectivity index (χ1n) is 30.2. The number of hydrogen-bond acceptors (Lipinski definition) is 19. The lowest BCUT2D eigenvalue weighted by atomic mass is 9.85. The number of likely N-dealkylation sites (tertiary alicyclic amines) is 1. The van der Waals surface area contributed by atoms with E-state index in [2.05, 4.69) is 50.4 Å². The second-order valence-corrected chi connectivity index (χ2v) is 25.7. The van der Waals surface area contributed by atoms with E-state index in [1.807, 2.05) is 0 Å². The molecule has 6 aliphatic rings. The number of ether oxygens (including phenoxy) is 4. The van der Waals surface area contributed by atoms with Crippen LogP contribution in [0.3, 0.4) is 0 Å². The first-order valence-corrected chi connectivity index (χ1v) is 30.2. The maximum Gasteiger partial charge on any atom is 0.338 e. The van der Waals surface area contributed by atoms with Gasteiger partial charge in [0.1, 0.15) is 41.4 Å². The number of methoxy groups -OCH3 is 2. The lowest BCUT2D eigenvalue weighted by molar-refractivity contribution is -0.385. The number of nitro groups is 2. The molecule has 2 heterocycles. The highest BCUT2D eigenvalue weighted by atomic mass is 35.5. The zero-order valence-corrected chi connectivity index (χ0v) is 53.7.